The minimum atomic E-state index is -0.866. The van der Waals surface area contributed by atoms with E-state index >= 15 is 0 Å². The number of aryl methyl sites for hydroxylation is 2. The van der Waals surface area contributed by atoms with Crippen LogP contribution in [0.2, 0.25) is 0 Å². The average molecular weight is 289 g/mol. The van der Waals surface area contributed by atoms with Gasteiger partial charge in [0.1, 0.15) is 5.75 Å². The third-order valence-electron chi connectivity index (χ3n) is 3.31. The second kappa shape index (κ2) is 6.43. The van der Waals surface area contributed by atoms with Crippen LogP contribution in [0.25, 0.3) is 0 Å². The molecule has 0 spiro atoms. The zero-order valence-electron chi connectivity index (χ0n) is 12.1. The third kappa shape index (κ3) is 4.34. The second-order valence-corrected chi connectivity index (χ2v) is 5.35. The van der Waals surface area contributed by atoms with Gasteiger partial charge in [0.2, 0.25) is 0 Å². The minimum Gasteiger partial charge on any atom is -0.484 e. The number of carbonyl (C=O) groups is 2. The van der Waals surface area contributed by atoms with Gasteiger partial charge in [-0.2, -0.15) is 0 Å². The molecule has 2 N–H and O–H groups in total. The van der Waals surface area contributed by atoms with Gasteiger partial charge in [-0.1, -0.05) is 18.2 Å². The molecule has 1 aromatic carbocycles. The van der Waals surface area contributed by atoms with Crippen molar-refractivity contribution >= 4 is 11.9 Å². The predicted molar refractivity (Wildman–Crippen MR) is 78.2 cm³/mol. The molecular weight excluding hydrogens is 270 g/mol. The van der Waals surface area contributed by atoms with E-state index in [1.165, 1.54) is 0 Å². The summed E-state index contributed by atoms with van der Waals surface area (Å²) in [6.45, 7) is 3.86. The summed E-state index contributed by atoms with van der Waals surface area (Å²) in [5.41, 5.74) is 2.15. The first-order chi connectivity index (χ1) is 9.94. The molecule has 2 unspecified atom stereocenters. The molecule has 1 amide bonds. The van der Waals surface area contributed by atoms with Gasteiger partial charge in [0, 0.05) is 6.04 Å². The van der Waals surface area contributed by atoms with Crippen molar-refractivity contribution in [2.75, 3.05) is 6.61 Å². The van der Waals surface area contributed by atoms with Crippen LogP contribution in [-0.4, -0.2) is 29.6 Å². The number of aliphatic carboxylic acids is 1. The van der Waals surface area contributed by atoms with Gasteiger partial charge in [-0.3, -0.25) is 9.59 Å². The van der Waals surface area contributed by atoms with Gasteiger partial charge in [0.25, 0.3) is 5.91 Å². The Morgan fingerprint density at radius 1 is 1.24 bits per heavy atom. The largest absolute Gasteiger partial charge is 0.484 e. The molecule has 0 aliphatic heterocycles. The quantitative estimate of drug-likeness (QED) is 0.811. The van der Waals surface area contributed by atoms with Crippen LogP contribution in [-0.2, 0) is 9.59 Å². The highest BCUT2D eigenvalue weighted by atomic mass is 16.5. The number of carboxylic acid groups (broad SMARTS) is 1. The van der Waals surface area contributed by atoms with Crippen LogP contribution in [0.4, 0.5) is 0 Å². The molecule has 0 bridgehead atoms. The van der Waals surface area contributed by atoms with E-state index < -0.39 is 11.9 Å². The maximum atomic E-state index is 11.8. The molecule has 0 heterocycles. The number of benzene rings is 1. The summed E-state index contributed by atoms with van der Waals surface area (Å²) < 4.78 is 5.46. The van der Waals surface area contributed by atoms with Gasteiger partial charge in [-0.15, -0.1) is 0 Å². The van der Waals surface area contributed by atoms with E-state index in [0.29, 0.717) is 12.2 Å². The van der Waals surface area contributed by atoms with Crippen LogP contribution < -0.4 is 10.1 Å². The summed E-state index contributed by atoms with van der Waals surface area (Å²) in [4.78, 5) is 22.6. The van der Waals surface area contributed by atoms with Crippen molar-refractivity contribution in [3.8, 4) is 5.75 Å². The molecule has 0 saturated heterocycles. The van der Waals surface area contributed by atoms with E-state index in [1.54, 1.807) is 12.2 Å². The number of carbonyl (C=O) groups excluding carboxylic acids is 1. The van der Waals surface area contributed by atoms with Crippen LogP contribution >= 0.6 is 0 Å². The monoisotopic (exact) mass is 289 g/mol. The molecule has 21 heavy (non-hydrogen) atoms. The maximum Gasteiger partial charge on any atom is 0.310 e. The van der Waals surface area contributed by atoms with Gasteiger partial charge in [0.15, 0.2) is 6.61 Å². The van der Waals surface area contributed by atoms with E-state index in [1.807, 2.05) is 32.0 Å². The van der Waals surface area contributed by atoms with Crippen molar-refractivity contribution in [1.29, 1.82) is 0 Å². The predicted octanol–water partition coefficient (Wildman–Crippen LogP) is 1.83. The Kier molecular flexibility index (Phi) is 4.62. The number of rotatable bonds is 5. The topological polar surface area (TPSA) is 75.6 Å². The summed E-state index contributed by atoms with van der Waals surface area (Å²) in [5, 5.41) is 11.6. The molecule has 0 fully saturated rings. The first-order valence-corrected chi connectivity index (χ1v) is 6.85. The summed E-state index contributed by atoms with van der Waals surface area (Å²) in [6.07, 6.45) is 3.72. The molecule has 2 atom stereocenters. The number of hydrogen-bond acceptors (Lipinski definition) is 3. The Morgan fingerprint density at radius 3 is 2.48 bits per heavy atom. The second-order valence-electron chi connectivity index (χ2n) is 5.35. The molecule has 1 aromatic rings. The fourth-order valence-electron chi connectivity index (χ4n) is 2.40. The third-order valence-corrected chi connectivity index (χ3v) is 3.31. The molecular formula is C16H19NO4. The van der Waals surface area contributed by atoms with Gasteiger partial charge in [-0.25, -0.2) is 0 Å². The highest BCUT2D eigenvalue weighted by Gasteiger charge is 2.25. The van der Waals surface area contributed by atoms with Gasteiger partial charge >= 0.3 is 5.97 Å². The Balaban J connectivity index is 1.80. The first-order valence-electron chi connectivity index (χ1n) is 6.85. The lowest BCUT2D eigenvalue weighted by Gasteiger charge is -2.13. The van der Waals surface area contributed by atoms with Gasteiger partial charge in [-0.05, 0) is 43.5 Å². The fourth-order valence-corrected chi connectivity index (χ4v) is 2.40. The molecule has 1 aliphatic rings. The lowest BCUT2D eigenvalue weighted by atomic mass is 10.1. The Hall–Kier alpha value is -2.30. The van der Waals surface area contributed by atoms with Crippen molar-refractivity contribution in [3.05, 3.63) is 41.5 Å². The lowest BCUT2D eigenvalue weighted by Crippen LogP contribution is -2.36. The van der Waals surface area contributed by atoms with Crippen molar-refractivity contribution in [2.45, 2.75) is 26.3 Å². The smallest absolute Gasteiger partial charge is 0.310 e. The number of ether oxygens (including phenoxy) is 1. The van der Waals surface area contributed by atoms with E-state index in [0.717, 1.165) is 11.1 Å². The minimum absolute atomic E-state index is 0.0784. The van der Waals surface area contributed by atoms with E-state index in [4.69, 9.17) is 9.84 Å². The Morgan fingerprint density at radius 2 is 1.90 bits per heavy atom. The zero-order valence-corrected chi connectivity index (χ0v) is 12.1. The molecule has 0 aromatic heterocycles. The molecule has 5 heteroatoms. The molecule has 112 valence electrons. The van der Waals surface area contributed by atoms with Crippen molar-refractivity contribution < 1.29 is 19.4 Å². The molecule has 1 aliphatic carbocycles. The standard InChI is InChI=1S/C16H19NO4/c1-10-5-11(2)7-14(6-10)21-9-15(18)17-13-4-3-12(8-13)16(19)20/h3-7,12-13H,8-9H2,1-2H3,(H,17,18)(H,19,20). The van der Waals surface area contributed by atoms with E-state index in [2.05, 4.69) is 5.32 Å². The number of hydrogen-bond donors (Lipinski definition) is 2. The zero-order chi connectivity index (χ0) is 15.4. The van der Waals surface area contributed by atoms with E-state index in [-0.39, 0.29) is 18.6 Å². The summed E-state index contributed by atoms with van der Waals surface area (Å²) in [6, 6.07) is 5.54. The average Bonchev–Trinajstić information content (AvgIpc) is 2.84. The van der Waals surface area contributed by atoms with Crippen LogP contribution in [0.5, 0.6) is 5.75 Å². The molecule has 0 radical (unpaired) electrons. The molecule has 0 saturated carbocycles. The van der Waals surface area contributed by atoms with Crippen LogP contribution in [0.15, 0.2) is 30.4 Å². The molecule has 2 rings (SSSR count). The first kappa shape index (κ1) is 15.1. The van der Waals surface area contributed by atoms with Crippen LogP contribution in [0.3, 0.4) is 0 Å². The summed E-state index contributed by atoms with van der Waals surface area (Å²) in [7, 11) is 0. The highest BCUT2D eigenvalue weighted by molar-refractivity contribution is 5.79. The number of nitrogens with one attached hydrogen (secondary N) is 1. The normalized spacial score (nSPS) is 20.3. The highest BCUT2D eigenvalue weighted by Crippen LogP contribution is 2.18. The SMILES string of the molecule is Cc1cc(C)cc(OCC(=O)NC2C=CC(C(=O)O)C2)c1. The fraction of sp³-hybridized carbons (Fsp3) is 0.375. The summed E-state index contributed by atoms with van der Waals surface area (Å²) in [5.74, 6) is -0.979. The van der Waals surface area contributed by atoms with Crippen molar-refractivity contribution in [2.24, 2.45) is 5.92 Å². The number of carboxylic acids is 1. The Labute approximate surface area is 123 Å². The van der Waals surface area contributed by atoms with Crippen molar-refractivity contribution in [3.63, 3.8) is 0 Å². The van der Waals surface area contributed by atoms with E-state index in [9.17, 15) is 9.59 Å². The van der Waals surface area contributed by atoms with Crippen LogP contribution in [0, 0.1) is 19.8 Å². The molecule has 5 nitrogen and oxygen atoms in total. The Bertz CT molecular complexity index is 559. The van der Waals surface area contributed by atoms with Crippen LogP contribution in [0.1, 0.15) is 17.5 Å². The lowest BCUT2D eigenvalue weighted by molar-refractivity contribution is -0.140. The maximum absolute atomic E-state index is 11.8. The van der Waals surface area contributed by atoms with Crippen molar-refractivity contribution in [1.82, 2.24) is 5.32 Å². The van der Waals surface area contributed by atoms with Gasteiger partial charge < -0.3 is 15.2 Å². The summed E-state index contributed by atoms with van der Waals surface area (Å²) >= 11 is 0. The van der Waals surface area contributed by atoms with Gasteiger partial charge in [0.05, 0.1) is 5.92 Å². The number of amides is 1.